The predicted molar refractivity (Wildman–Crippen MR) is 98.9 cm³/mol. The number of aromatic amines is 1. The number of aromatic nitrogens is 3. The van der Waals surface area contributed by atoms with Gasteiger partial charge >= 0.3 is 0 Å². The van der Waals surface area contributed by atoms with Crippen LogP contribution in [-0.4, -0.2) is 41.2 Å². The van der Waals surface area contributed by atoms with Crippen LogP contribution in [0.2, 0.25) is 0 Å². The Kier molecular flexibility index (Phi) is 5.11. The molecule has 2 aromatic heterocycles. The van der Waals surface area contributed by atoms with Gasteiger partial charge < -0.3 is 19.8 Å². The van der Waals surface area contributed by atoms with Crippen LogP contribution in [0, 0.1) is 0 Å². The second kappa shape index (κ2) is 7.47. The summed E-state index contributed by atoms with van der Waals surface area (Å²) in [4.78, 5) is 32.1. The molecule has 0 unspecified atom stereocenters. The van der Waals surface area contributed by atoms with E-state index in [2.05, 4.69) is 15.3 Å². The first kappa shape index (κ1) is 17.8. The number of methoxy groups -OCH3 is 2. The molecule has 2 heterocycles. The van der Waals surface area contributed by atoms with Crippen molar-refractivity contribution in [3.63, 3.8) is 0 Å². The van der Waals surface area contributed by atoms with Crippen molar-refractivity contribution in [2.45, 2.75) is 26.3 Å². The quantitative estimate of drug-likeness (QED) is 0.628. The lowest BCUT2D eigenvalue weighted by molar-refractivity contribution is -0.121. The molecule has 3 rings (SSSR count). The van der Waals surface area contributed by atoms with Crippen LogP contribution < -0.4 is 20.3 Å². The number of hydrogen-bond donors (Lipinski definition) is 2. The van der Waals surface area contributed by atoms with E-state index in [4.69, 9.17) is 9.47 Å². The van der Waals surface area contributed by atoms with E-state index in [-0.39, 0.29) is 18.0 Å². The van der Waals surface area contributed by atoms with Crippen molar-refractivity contribution in [2.75, 3.05) is 20.8 Å². The van der Waals surface area contributed by atoms with E-state index >= 15 is 0 Å². The highest BCUT2D eigenvalue weighted by Gasteiger charge is 2.15. The predicted octanol–water partition coefficient (Wildman–Crippen LogP) is 1.81. The summed E-state index contributed by atoms with van der Waals surface area (Å²) in [5.74, 6) is 0.908. The van der Waals surface area contributed by atoms with E-state index in [1.807, 2.05) is 6.92 Å². The summed E-state index contributed by atoms with van der Waals surface area (Å²) < 4.78 is 11.9. The van der Waals surface area contributed by atoms with Crippen LogP contribution in [0.15, 0.2) is 23.3 Å². The van der Waals surface area contributed by atoms with Gasteiger partial charge in [-0.2, -0.15) is 0 Å². The van der Waals surface area contributed by atoms with Crippen LogP contribution in [0.4, 0.5) is 0 Å². The van der Waals surface area contributed by atoms with E-state index in [9.17, 15) is 9.59 Å². The largest absolute Gasteiger partial charge is 0.493 e. The molecule has 1 aromatic carbocycles. The molecule has 0 aliphatic heterocycles. The first-order valence-electron chi connectivity index (χ1n) is 8.48. The van der Waals surface area contributed by atoms with Crippen LogP contribution in [0.5, 0.6) is 11.5 Å². The number of nitrogens with zero attached hydrogens (tertiary/aromatic N) is 2. The molecule has 26 heavy (non-hydrogen) atoms. The highest BCUT2D eigenvalue weighted by Crippen LogP contribution is 2.34. The molecule has 138 valence electrons. The molecule has 0 aliphatic rings. The molecule has 8 nitrogen and oxygen atoms in total. The van der Waals surface area contributed by atoms with Gasteiger partial charge in [-0.05, 0) is 12.5 Å². The van der Waals surface area contributed by atoms with E-state index in [1.165, 1.54) is 10.9 Å². The average molecular weight is 358 g/mol. The Morgan fingerprint density at radius 2 is 2.00 bits per heavy atom. The summed E-state index contributed by atoms with van der Waals surface area (Å²) in [6, 6.07) is 3.54. The molecule has 8 heteroatoms. The van der Waals surface area contributed by atoms with Crippen molar-refractivity contribution in [1.82, 2.24) is 19.9 Å². The fourth-order valence-corrected chi connectivity index (χ4v) is 2.85. The molecule has 1 amide bonds. The SMILES string of the molecule is CCCCNC(=O)Cn1cnc2c([nH]c3cc(OC)c(OC)cc32)c1=O. The van der Waals surface area contributed by atoms with Crippen molar-refractivity contribution in [2.24, 2.45) is 0 Å². The zero-order chi connectivity index (χ0) is 18.7. The summed E-state index contributed by atoms with van der Waals surface area (Å²) >= 11 is 0. The molecule has 0 atom stereocenters. The van der Waals surface area contributed by atoms with Gasteiger partial charge in [-0.1, -0.05) is 13.3 Å². The van der Waals surface area contributed by atoms with Crippen molar-refractivity contribution in [3.8, 4) is 11.5 Å². The van der Waals surface area contributed by atoms with E-state index < -0.39 is 0 Å². The van der Waals surface area contributed by atoms with Crippen LogP contribution in [0.3, 0.4) is 0 Å². The highest BCUT2D eigenvalue weighted by molar-refractivity contribution is 6.05. The van der Waals surface area contributed by atoms with Crippen LogP contribution >= 0.6 is 0 Å². The van der Waals surface area contributed by atoms with E-state index in [0.717, 1.165) is 18.2 Å². The second-order valence-electron chi connectivity index (χ2n) is 5.98. The monoisotopic (exact) mass is 358 g/mol. The molecule has 0 fully saturated rings. The fraction of sp³-hybridized carbons (Fsp3) is 0.389. The van der Waals surface area contributed by atoms with Gasteiger partial charge in [0, 0.05) is 18.0 Å². The van der Waals surface area contributed by atoms with Gasteiger partial charge in [-0.25, -0.2) is 4.98 Å². The molecular formula is C18H22N4O4. The van der Waals surface area contributed by atoms with E-state index in [0.29, 0.717) is 34.6 Å². The summed E-state index contributed by atoms with van der Waals surface area (Å²) in [5, 5.41) is 3.55. The average Bonchev–Trinajstić information content (AvgIpc) is 3.01. The number of nitrogens with one attached hydrogen (secondary N) is 2. The molecule has 0 bridgehead atoms. The Morgan fingerprint density at radius 1 is 1.27 bits per heavy atom. The number of H-pyrrole nitrogens is 1. The summed E-state index contributed by atoms with van der Waals surface area (Å²) in [6.45, 7) is 2.59. The van der Waals surface area contributed by atoms with Gasteiger partial charge in [0.1, 0.15) is 17.6 Å². The first-order chi connectivity index (χ1) is 12.6. The first-order valence-corrected chi connectivity index (χ1v) is 8.48. The Hall–Kier alpha value is -3.03. The molecule has 2 N–H and O–H groups in total. The van der Waals surface area contributed by atoms with Crippen LogP contribution in [-0.2, 0) is 11.3 Å². The summed E-state index contributed by atoms with van der Waals surface area (Å²) in [6.07, 6.45) is 3.30. The third kappa shape index (κ3) is 3.22. The van der Waals surface area contributed by atoms with Gasteiger partial charge in [0.2, 0.25) is 5.91 Å². The maximum absolute atomic E-state index is 12.7. The number of hydrogen-bond acceptors (Lipinski definition) is 5. The molecule has 3 aromatic rings. The Balaban J connectivity index is 2.00. The number of carbonyl (C=O) groups excluding carboxylic acids is 1. The maximum atomic E-state index is 12.7. The number of unbranched alkanes of at least 4 members (excludes halogenated alkanes) is 1. The van der Waals surface area contributed by atoms with Gasteiger partial charge in [-0.3, -0.25) is 14.2 Å². The van der Waals surface area contributed by atoms with Crippen molar-refractivity contribution < 1.29 is 14.3 Å². The van der Waals surface area contributed by atoms with Gasteiger partial charge in [-0.15, -0.1) is 0 Å². The second-order valence-corrected chi connectivity index (χ2v) is 5.98. The smallest absolute Gasteiger partial charge is 0.278 e. The number of carbonyl (C=O) groups is 1. The Morgan fingerprint density at radius 3 is 2.69 bits per heavy atom. The van der Waals surface area contributed by atoms with Crippen LogP contribution in [0.25, 0.3) is 21.9 Å². The number of rotatable bonds is 7. The molecule has 0 radical (unpaired) electrons. The third-order valence-corrected chi connectivity index (χ3v) is 4.24. The number of ether oxygens (including phenoxy) is 2. The van der Waals surface area contributed by atoms with Crippen molar-refractivity contribution in [1.29, 1.82) is 0 Å². The maximum Gasteiger partial charge on any atom is 0.278 e. The number of amides is 1. The normalized spacial score (nSPS) is 11.0. The minimum absolute atomic E-state index is 0.0620. The number of fused-ring (bicyclic) bond motifs is 3. The summed E-state index contributed by atoms with van der Waals surface area (Å²) in [5.41, 5.74) is 1.30. The lowest BCUT2D eigenvalue weighted by atomic mass is 10.2. The summed E-state index contributed by atoms with van der Waals surface area (Å²) in [7, 11) is 3.10. The molecule has 0 aliphatic carbocycles. The van der Waals surface area contributed by atoms with E-state index in [1.54, 1.807) is 26.4 Å². The van der Waals surface area contributed by atoms with Gasteiger partial charge in [0.05, 0.1) is 26.1 Å². The zero-order valence-corrected chi connectivity index (χ0v) is 15.1. The lowest BCUT2D eigenvalue weighted by Gasteiger charge is -2.07. The Labute approximate surface area is 150 Å². The number of benzene rings is 1. The zero-order valence-electron chi connectivity index (χ0n) is 15.1. The third-order valence-electron chi connectivity index (χ3n) is 4.24. The molecule has 0 spiro atoms. The highest BCUT2D eigenvalue weighted by atomic mass is 16.5. The Bertz CT molecular complexity index is 1010. The van der Waals surface area contributed by atoms with Crippen molar-refractivity contribution in [3.05, 3.63) is 28.8 Å². The van der Waals surface area contributed by atoms with Crippen LogP contribution in [0.1, 0.15) is 19.8 Å². The minimum Gasteiger partial charge on any atom is -0.493 e. The molecule has 0 saturated heterocycles. The van der Waals surface area contributed by atoms with Crippen molar-refractivity contribution >= 4 is 27.8 Å². The van der Waals surface area contributed by atoms with Gasteiger partial charge in [0.15, 0.2) is 11.5 Å². The minimum atomic E-state index is -0.297. The van der Waals surface area contributed by atoms with Gasteiger partial charge in [0.25, 0.3) is 5.56 Å². The lowest BCUT2D eigenvalue weighted by Crippen LogP contribution is -2.33. The molecule has 0 saturated carbocycles. The fourth-order valence-electron chi connectivity index (χ4n) is 2.85. The molecular weight excluding hydrogens is 336 g/mol. The topological polar surface area (TPSA) is 98.2 Å². The standard InChI is InChI=1S/C18H22N4O4/c1-4-5-6-19-15(23)9-22-10-20-16-11-7-13(25-2)14(26-3)8-12(11)21-17(16)18(22)24/h7-8,10,21H,4-6,9H2,1-3H3,(H,19,23).